The van der Waals surface area contributed by atoms with Crippen molar-refractivity contribution < 1.29 is 8.42 Å². The Bertz CT molecular complexity index is 781. The number of benzene rings is 1. The van der Waals surface area contributed by atoms with Crippen LogP contribution in [0.4, 0.5) is 5.69 Å². The van der Waals surface area contributed by atoms with E-state index < -0.39 is 9.84 Å². The standard InChI is InChI=1S/C14H16N2O3S/c1-3-20(18,19)12-6-4-5-10(7-12)11-8-13(15)14(17)16(2)9-11/h4-9H,3,15H2,1-2H3. The van der Waals surface area contributed by atoms with Gasteiger partial charge in [0.05, 0.1) is 16.3 Å². The highest BCUT2D eigenvalue weighted by Gasteiger charge is 2.12. The van der Waals surface area contributed by atoms with E-state index >= 15 is 0 Å². The van der Waals surface area contributed by atoms with Crippen molar-refractivity contribution >= 4 is 15.5 Å². The number of nitrogens with zero attached hydrogens (tertiary/aromatic N) is 1. The Labute approximate surface area is 117 Å². The van der Waals surface area contributed by atoms with Crippen LogP contribution in [0.15, 0.2) is 46.2 Å². The number of nitrogen functional groups attached to an aromatic ring is 1. The molecule has 20 heavy (non-hydrogen) atoms. The molecule has 1 aromatic heterocycles. The molecule has 0 aliphatic carbocycles. The zero-order valence-corrected chi connectivity index (χ0v) is 12.1. The van der Waals surface area contributed by atoms with Gasteiger partial charge in [-0.1, -0.05) is 19.1 Å². The van der Waals surface area contributed by atoms with Gasteiger partial charge in [-0.05, 0) is 23.8 Å². The first-order valence-corrected chi connectivity index (χ1v) is 7.79. The van der Waals surface area contributed by atoms with Gasteiger partial charge in [-0.2, -0.15) is 0 Å². The second-order valence-corrected chi connectivity index (χ2v) is 6.81. The van der Waals surface area contributed by atoms with E-state index in [0.717, 1.165) is 0 Å². The minimum absolute atomic E-state index is 0.0475. The average Bonchev–Trinajstić information content (AvgIpc) is 2.44. The number of sulfone groups is 1. The number of pyridine rings is 1. The molecular weight excluding hydrogens is 276 g/mol. The number of aromatic nitrogens is 1. The number of anilines is 1. The maximum absolute atomic E-state index is 11.9. The molecule has 0 unspecified atom stereocenters. The molecule has 106 valence electrons. The number of aryl methyl sites for hydroxylation is 1. The summed E-state index contributed by atoms with van der Waals surface area (Å²) >= 11 is 0. The fourth-order valence-corrected chi connectivity index (χ4v) is 2.86. The van der Waals surface area contributed by atoms with E-state index in [0.29, 0.717) is 11.1 Å². The highest BCUT2D eigenvalue weighted by Crippen LogP contribution is 2.23. The van der Waals surface area contributed by atoms with E-state index in [1.54, 1.807) is 50.5 Å². The largest absolute Gasteiger partial charge is 0.394 e. The summed E-state index contributed by atoms with van der Waals surface area (Å²) in [5.41, 5.74) is 6.93. The number of hydrogen-bond acceptors (Lipinski definition) is 4. The lowest BCUT2D eigenvalue weighted by Gasteiger charge is -2.08. The summed E-state index contributed by atoms with van der Waals surface area (Å²) in [6, 6.07) is 8.18. The van der Waals surface area contributed by atoms with E-state index in [2.05, 4.69) is 0 Å². The molecule has 0 saturated heterocycles. The number of nitrogens with two attached hydrogens (primary N) is 1. The third kappa shape index (κ3) is 2.60. The van der Waals surface area contributed by atoms with Crippen LogP contribution in [0.2, 0.25) is 0 Å². The molecule has 0 saturated carbocycles. The van der Waals surface area contributed by atoms with Gasteiger partial charge in [0.15, 0.2) is 9.84 Å². The second-order valence-electron chi connectivity index (χ2n) is 4.53. The van der Waals surface area contributed by atoms with Crippen LogP contribution in [0.5, 0.6) is 0 Å². The minimum Gasteiger partial charge on any atom is -0.394 e. The molecule has 0 spiro atoms. The first kappa shape index (κ1) is 14.3. The minimum atomic E-state index is -3.26. The van der Waals surface area contributed by atoms with Crippen molar-refractivity contribution in [1.29, 1.82) is 0 Å². The van der Waals surface area contributed by atoms with Crippen molar-refractivity contribution in [3.8, 4) is 11.1 Å². The van der Waals surface area contributed by atoms with Gasteiger partial charge in [0.2, 0.25) is 0 Å². The molecule has 2 rings (SSSR count). The average molecular weight is 292 g/mol. The van der Waals surface area contributed by atoms with Crippen LogP contribution in [0, 0.1) is 0 Å². The lowest BCUT2D eigenvalue weighted by molar-refractivity contribution is 0.597. The Balaban J connectivity index is 2.60. The van der Waals surface area contributed by atoms with Gasteiger partial charge >= 0.3 is 0 Å². The number of rotatable bonds is 3. The van der Waals surface area contributed by atoms with Gasteiger partial charge in [0.25, 0.3) is 5.56 Å². The topological polar surface area (TPSA) is 82.2 Å². The SMILES string of the molecule is CCS(=O)(=O)c1cccc(-c2cc(N)c(=O)n(C)c2)c1. The van der Waals surface area contributed by atoms with Gasteiger partial charge in [-0.25, -0.2) is 8.42 Å². The molecule has 0 bridgehead atoms. The molecule has 1 heterocycles. The van der Waals surface area contributed by atoms with Crippen LogP contribution in [0.3, 0.4) is 0 Å². The van der Waals surface area contributed by atoms with Crippen LogP contribution in [-0.4, -0.2) is 18.7 Å². The van der Waals surface area contributed by atoms with Crippen LogP contribution in [0.1, 0.15) is 6.92 Å². The maximum atomic E-state index is 11.9. The summed E-state index contributed by atoms with van der Waals surface area (Å²) in [7, 11) is -1.65. The summed E-state index contributed by atoms with van der Waals surface area (Å²) in [6.45, 7) is 1.60. The van der Waals surface area contributed by atoms with Crippen molar-refractivity contribution in [2.75, 3.05) is 11.5 Å². The quantitative estimate of drug-likeness (QED) is 0.927. The molecule has 0 aliphatic heterocycles. The lowest BCUT2D eigenvalue weighted by atomic mass is 10.1. The predicted octanol–water partition coefficient (Wildman–Crippen LogP) is 1.43. The fraction of sp³-hybridized carbons (Fsp3) is 0.214. The zero-order valence-electron chi connectivity index (χ0n) is 11.3. The molecule has 2 aromatic rings. The van der Waals surface area contributed by atoms with E-state index in [1.165, 1.54) is 4.57 Å². The predicted molar refractivity (Wildman–Crippen MR) is 79.3 cm³/mol. The lowest BCUT2D eigenvalue weighted by Crippen LogP contribution is -2.19. The molecule has 0 amide bonds. The van der Waals surface area contributed by atoms with Gasteiger partial charge in [0.1, 0.15) is 0 Å². The Morgan fingerprint density at radius 3 is 2.50 bits per heavy atom. The molecule has 0 radical (unpaired) electrons. The highest BCUT2D eigenvalue weighted by molar-refractivity contribution is 7.91. The van der Waals surface area contributed by atoms with E-state index in [-0.39, 0.29) is 21.9 Å². The van der Waals surface area contributed by atoms with Gasteiger partial charge < -0.3 is 10.3 Å². The Kier molecular flexibility index (Phi) is 3.67. The van der Waals surface area contributed by atoms with Crippen LogP contribution >= 0.6 is 0 Å². The van der Waals surface area contributed by atoms with Crippen molar-refractivity contribution in [2.24, 2.45) is 7.05 Å². The normalized spacial score (nSPS) is 11.5. The van der Waals surface area contributed by atoms with E-state index in [1.807, 2.05) is 0 Å². The third-order valence-electron chi connectivity index (χ3n) is 3.12. The Hall–Kier alpha value is -2.08. The molecule has 1 aromatic carbocycles. The summed E-state index contributed by atoms with van der Waals surface area (Å²) in [6.07, 6.45) is 1.64. The smallest absolute Gasteiger partial charge is 0.273 e. The summed E-state index contributed by atoms with van der Waals surface area (Å²) in [5.74, 6) is 0.0475. The van der Waals surface area contributed by atoms with Crippen LogP contribution in [-0.2, 0) is 16.9 Å². The Morgan fingerprint density at radius 1 is 1.20 bits per heavy atom. The molecule has 6 heteroatoms. The monoisotopic (exact) mass is 292 g/mol. The molecule has 5 nitrogen and oxygen atoms in total. The maximum Gasteiger partial charge on any atom is 0.273 e. The van der Waals surface area contributed by atoms with Crippen LogP contribution < -0.4 is 11.3 Å². The zero-order chi connectivity index (χ0) is 14.9. The van der Waals surface area contributed by atoms with Gasteiger partial charge in [-0.3, -0.25) is 4.79 Å². The fourth-order valence-electron chi connectivity index (χ4n) is 1.93. The van der Waals surface area contributed by atoms with E-state index in [9.17, 15) is 13.2 Å². The van der Waals surface area contributed by atoms with Gasteiger partial charge in [-0.15, -0.1) is 0 Å². The summed E-state index contributed by atoms with van der Waals surface area (Å²) < 4.78 is 25.2. The highest BCUT2D eigenvalue weighted by atomic mass is 32.2. The van der Waals surface area contributed by atoms with Crippen molar-refractivity contribution in [3.63, 3.8) is 0 Å². The van der Waals surface area contributed by atoms with Gasteiger partial charge in [0, 0.05) is 18.8 Å². The number of hydrogen-bond donors (Lipinski definition) is 1. The van der Waals surface area contributed by atoms with Crippen molar-refractivity contribution in [1.82, 2.24) is 4.57 Å². The molecular formula is C14H16N2O3S. The summed E-state index contributed by atoms with van der Waals surface area (Å²) in [5, 5.41) is 0. The van der Waals surface area contributed by atoms with E-state index in [4.69, 9.17) is 5.73 Å². The first-order chi connectivity index (χ1) is 9.35. The third-order valence-corrected chi connectivity index (χ3v) is 4.85. The second kappa shape index (κ2) is 5.13. The van der Waals surface area contributed by atoms with Crippen LogP contribution in [0.25, 0.3) is 11.1 Å². The summed E-state index contributed by atoms with van der Waals surface area (Å²) in [4.78, 5) is 11.8. The molecule has 0 atom stereocenters. The molecule has 2 N–H and O–H groups in total. The molecule has 0 aliphatic rings. The van der Waals surface area contributed by atoms with Crippen molar-refractivity contribution in [3.05, 3.63) is 46.9 Å². The Morgan fingerprint density at radius 2 is 1.90 bits per heavy atom. The first-order valence-electron chi connectivity index (χ1n) is 6.14. The van der Waals surface area contributed by atoms with Crippen molar-refractivity contribution in [2.45, 2.75) is 11.8 Å². The molecule has 0 fully saturated rings.